The Kier molecular flexibility index (Phi) is 9.62. The first kappa shape index (κ1) is 26.3. The largest absolute Gasteiger partial charge is 0.494 e. The number of hydrogen-bond acceptors (Lipinski definition) is 8. The van der Waals surface area contributed by atoms with Gasteiger partial charge in [-0.05, 0) is 80.3 Å². The molecule has 1 aromatic heterocycles. The van der Waals surface area contributed by atoms with E-state index in [9.17, 15) is 4.79 Å². The smallest absolute Gasteiger partial charge is 0.343 e. The molecule has 0 aliphatic heterocycles. The number of thiazole rings is 1. The minimum absolute atomic E-state index is 0.427. The summed E-state index contributed by atoms with van der Waals surface area (Å²) in [7, 11) is 1.72. The number of aryl methyl sites for hydroxylation is 1. The van der Waals surface area contributed by atoms with Crippen molar-refractivity contribution in [1.29, 1.82) is 0 Å². The molecular formula is C29H31N3O4S. The second-order valence-electron chi connectivity index (χ2n) is 8.54. The van der Waals surface area contributed by atoms with Crippen LogP contribution in [-0.2, 0) is 4.74 Å². The Bertz CT molecular complexity index is 1300. The third-order valence-electron chi connectivity index (χ3n) is 5.72. The molecule has 0 unspecified atom stereocenters. The fourth-order valence-corrected chi connectivity index (χ4v) is 4.46. The molecule has 0 bridgehead atoms. The van der Waals surface area contributed by atoms with E-state index in [1.807, 2.05) is 37.3 Å². The Morgan fingerprint density at radius 3 is 2.51 bits per heavy atom. The van der Waals surface area contributed by atoms with Gasteiger partial charge in [-0.1, -0.05) is 36.0 Å². The summed E-state index contributed by atoms with van der Waals surface area (Å²) < 4.78 is 17.5. The van der Waals surface area contributed by atoms with Gasteiger partial charge in [-0.25, -0.2) is 9.78 Å². The number of unbranched alkanes of at least 4 members (excludes halogenated alkanes) is 3. The van der Waals surface area contributed by atoms with Gasteiger partial charge in [-0.2, -0.15) is 5.10 Å². The Morgan fingerprint density at radius 2 is 1.73 bits per heavy atom. The van der Waals surface area contributed by atoms with Crippen molar-refractivity contribution in [1.82, 2.24) is 4.98 Å². The highest BCUT2D eigenvalue weighted by Crippen LogP contribution is 2.25. The number of benzene rings is 3. The number of hydrazone groups is 1. The molecule has 3 aromatic carbocycles. The maximum Gasteiger partial charge on any atom is 0.343 e. The number of nitrogens with one attached hydrogen (secondary N) is 1. The number of methoxy groups -OCH3 is 1. The minimum Gasteiger partial charge on any atom is -0.494 e. The molecule has 8 heteroatoms. The summed E-state index contributed by atoms with van der Waals surface area (Å²) in [5, 5.41) is 5.03. The molecule has 0 radical (unpaired) electrons. The lowest BCUT2D eigenvalue weighted by Gasteiger charge is -2.09. The normalized spacial score (nSPS) is 11.2. The van der Waals surface area contributed by atoms with Crippen LogP contribution in [0.1, 0.15) is 47.2 Å². The second kappa shape index (κ2) is 13.5. The van der Waals surface area contributed by atoms with E-state index >= 15 is 0 Å². The van der Waals surface area contributed by atoms with Crippen LogP contribution in [0, 0.1) is 6.92 Å². The van der Waals surface area contributed by atoms with E-state index in [1.165, 1.54) is 11.3 Å². The molecule has 4 aromatic rings. The molecule has 0 spiro atoms. The summed E-state index contributed by atoms with van der Waals surface area (Å²) in [5.41, 5.74) is 6.22. The van der Waals surface area contributed by atoms with E-state index in [2.05, 4.69) is 15.5 Å². The minimum atomic E-state index is -0.427. The highest BCUT2D eigenvalue weighted by molar-refractivity contribution is 7.22. The van der Waals surface area contributed by atoms with Crippen molar-refractivity contribution in [3.05, 3.63) is 83.4 Å². The van der Waals surface area contributed by atoms with Crippen LogP contribution in [0.4, 0.5) is 5.13 Å². The number of anilines is 1. The maximum atomic E-state index is 12.7. The molecule has 0 fully saturated rings. The monoisotopic (exact) mass is 517 g/mol. The van der Waals surface area contributed by atoms with Crippen molar-refractivity contribution in [2.24, 2.45) is 5.10 Å². The SMILES string of the molecule is COCCCCCCOc1ccc(C(=O)Oc2ccc(C)c(/C=N/Nc3nc4ccccc4s3)c2)cc1. The fraction of sp³-hybridized carbons (Fsp3) is 0.276. The van der Waals surface area contributed by atoms with Gasteiger partial charge in [-0.15, -0.1) is 0 Å². The summed E-state index contributed by atoms with van der Waals surface area (Å²) >= 11 is 1.54. The first-order valence-corrected chi connectivity index (χ1v) is 13.1. The predicted octanol–water partition coefficient (Wildman–Crippen LogP) is 6.86. The van der Waals surface area contributed by atoms with Gasteiger partial charge in [0.25, 0.3) is 0 Å². The zero-order valence-corrected chi connectivity index (χ0v) is 21.9. The molecule has 4 rings (SSSR count). The number of ether oxygens (including phenoxy) is 3. The molecule has 37 heavy (non-hydrogen) atoms. The molecule has 0 amide bonds. The zero-order valence-electron chi connectivity index (χ0n) is 21.1. The Hall–Kier alpha value is -3.75. The lowest BCUT2D eigenvalue weighted by Crippen LogP contribution is -2.09. The number of esters is 1. The molecule has 0 atom stereocenters. The lowest BCUT2D eigenvalue weighted by molar-refractivity contribution is 0.0734. The third-order valence-corrected chi connectivity index (χ3v) is 6.66. The molecule has 1 heterocycles. The lowest BCUT2D eigenvalue weighted by atomic mass is 10.1. The standard InChI is InChI=1S/C29H31N3O4S/c1-21-11-14-25(19-23(21)20-30-32-29-31-26-9-5-6-10-27(26)37-29)36-28(33)22-12-15-24(16-13-22)35-18-8-4-3-7-17-34-2/h5-6,9-16,19-20H,3-4,7-8,17-18H2,1-2H3,(H,31,32)/b30-20+. The zero-order chi connectivity index (χ0) is 25.9. The van der Waals surface area contributed by atoms with E-state index < -0.39 is 5.97 Å². The van der Waals surface area contributed by atoms with Crippen molar-refractivity contribution in [3.8, 4) is 11.5 Å². The van der Waals surface area contributed by atoms with Crippen LogP contribution >= 0.6 is 11.3 Å². The van der Waals surface area contributed by atoms with Gasteiger partial charge in [0.2, 0.25) is 5.13 Å². The van der Waals surface area contributed by atoms with Gasteiger partial charge in [0.1, 0.15) is 11.5 Å². The molecular weight excluding hydrogens is 486 g/mol. The van der Waals surface area contributed by atoms with Gasteiger partial charge in [0.05, 0.1) is 28.6 Å². The molecule has 0 saturated carbocycles. The number of nitrogens with zero attached hydrogens (tertiary/aromatic N) is 2. The summed E-state index contributed by atoms with van der Waals surface area (Å²) in [6.45, 7) is 3.43. The molecule has 0 aliphatic rings. The van der Waals surface area contributed by atoms with Gasteiger partial charge in [0.15, 0.2) is 0 Å². The number of hydrogen-bond donors (Lipinski definition) is 1. The highest BCUT2D eigenvalue weighted by Gasteiger charge is 2.10. The topological polar surface area (TPSA) is 82.0 Å². The van der Waals surface area contributed by atoms with E-state index in [4.69, 9.17) is 14.2 Å². The quantitative estimate of drug-likeness (QED) is 0.0686. The number of rotatable bonds is 13. The highest BCUT2D eigenvalue weighted by atomic mass is 32.1. The number of para-hydroxylation sites is 1. The maximum absolute atomic E-state index is 12.7. The van der Waals surface area contributed by atoms with E-state index in [0.29, 0.717) is 23.1 Å². The average Bonchev–Trinajstić information content (AvgIpc) is 3.33. The van der Waals surface area contributed by atoms with Crippen LogP contribution in [0.3, 0.4) is 0 Å². The molecule has 1 N–H and O–H groups in total. The predicted molar refractivity (Wildman–Crippen MR) is 149 cm³/mol. The number of carbonyl (C=O) groups excluding carboxylic acids is 1. The van der Waals surface area contributed by atoms with Crippen LogP contribution in [0.15, 0.2) is 71.8 Å². The van der Waals surface area contributed by atoms with Crippen molar-refractivity contribution >= 4 is 38.9 Å². The van der Waals surface area contributed by atoms with Gasteiger partial charge in [-0.3, -0.25) is 5.43 Å². The molecule has 7 nitrogen and oxygen atoms in total. The van der Waals surface area contributed by atoms with Gasteiger partial charge < -0.3 is 14.2 Å². The van der Waals surface area contributed by atoms with Crippen LogP contribution in [-0.4, -0.2) is 37.5 Å². The number of carbonyl (C=O) groups is 1. The van der Waals surface area contributed by atoms with Crippen molar-refractivity contribution in [2.75, 3.05) is 25.7 Å². The Morgan fingerprint density at radius 1 is 0.973 bits per heavy atom. The molecule has 192 valence electrons. The van der Waals surface area contributed by atoms with Gasteiger partial charge in [0, 0.05) is 19.3 Å². The van der Waals surface area contributed by atoms with Crippen molar-refractivity contribution < 1.29 is 19.0 Å². The summed E-state index contributed by atoms with van der Waals surface area (Å²) in [6.07, 6.45) is 6.00. The fourth-order valence-electron chi connectivity index (χ4n) is 3.64. The summed E-state index contributed by atoms with van der Waals surface area (Å²) in [6, 6.07) is 20.4. The average molecular weight is 518 g/mol. The first-order valence-electron chi connectivity index (χ1n) is 12.3. The third kappa shape index (κ3) is 7.87. The van der Waals surface area contributed by atoms with Gasteiger partial charge >= 0.3 is 5.97 Å². The second-order valence-corrected chi connectivity index (χ2v) is 9.58. The summed E-state index contributed by atoms with van der Waals surface area (Å²) in [4.78, 5) is 17.2. The number of aromatic nitrogens is 1. The van der Waals surface area contributed by atoms with Crippen molar-refractivity contribution in [2.45, 2.75) is 32.6 Å². The molecule has 0 saturated heterocycles. The van der Waals surface area contributed by atoms with E-state index in [-0.39, 0.29) is 0 Å². The summed E-state index contributed by atoms with van der Waals surface area (Å²) in [5.74, 6) is 0.762. The Labute approximate surface area is 221 Å². The first-order chi connectivity index (χ1) is 18.1. The van der Waals surface area contributed by atoms with Crippen LogP contribution in [0.5, 0.6) is 11.5 Å². The van der Waals surface area contributed by atoms with Crippen LogP contribution in [0.25, 0.3) is 10.2 Å². The molecule has 0 aliphatic carbocycles. The van der Waals surface area contributed by atoms with Crippen molar-refractivity contribution in [3.63, 3.8) is 0 Å². The number of fused-ring (bicyclic) bond motifs is 1. The Balaban J connectivity index is 1.28. The van der Waals surface area contributed by atoms with E-state index in [0.717, 1.165) is 59.4 Å². The van der Waals surface area contributed by atoms with Crippen LogP contribution in [0.2, 0.25) is 0 Å². The van der Waals surface area contributed by atoms with Crippen LogP contribution < -0.4 is 14.9 Å². The van der Waals surface area contributed by atoms with E-state index in [1.54, 1.807) is 49.7 Å².